The smallest absolute Gasteiger partial charge is 0.163 e. The average Bonchev–Trinajstić information content (AvgIpc) is 2.85. The van der Waals surface area contributed by atoms with Crippen molar-refractivity contribution in [3.8, 4) is 5.75 Å². The summed E-state index contributed by atoms with van der Waals surface area (Å²) in [6, 6.07) is 28.7. The molecule has 1 saturated heterocycles. The van der Waals surface area contributed by atoms with Crippen LogP contribution in [0.1, 0.15) is 34.5 Å². The lowest BCUT2D eigenvalue weighted by Gasteiger charge is -2.40. The zero-order chi connectivity index (χ0) is 23.0. The van der Waals surface area contributed by atoms with Gasteiger partial charge in [-0.05, 0) is 30.2 Å². The van der Waals surface area contributed by atoms with E-state index in [0.717, 1.165) is 26.2 Å². The molecule has 1 aliphatic heterocycles. The maximum Gasteiger partial charge on any atom is 0.163 e. The molecule has 1 fully saturated rings. The quantitative estimate of drug-likeness (QED) is 0.505. The van der Waals surface area contributed by atoms with Crippen LogP contribution in [0.5, 0.6) is 5.75 Å². The fourth-order valence-corrected chi connectivity index (χ4v) is 4.51. The number of benzene rings is 3. The molecule has 4 rings (SSSR count). The summed E-state index contributed by atoms with van der Waals surface area (Å²) in [5, 5.41) is 10.6. The number of aliphatic hydroxyl groups excluding tert-OH is 1. The predicted octanol–water partition coefficient (Wildman–Crippen LogP) is 4.04. The van der Waals surface area contributed by atoms with E-state index in [-0.39, 0.29) is 18.4 Å². The zero-order valence-corrected chi connectivity index (χ0v) is 19.1. The van der Waals surface area contributed by atoms with E-state index in [1.54, 1.807) is 12.1 Å². The number of carbonyl (C=O) groups is 1. The number of aliphatic hydroxyl groups is 1. The first-order chi connectivity index (χ1) is 16.1. The third-order valence-electron chi connectivity index (χ3n) is 6.17. The van der Waals surface area contributed by atoms with Crippen LogP contribution < -0.4 is 4.74 Å². The first-order valence-electron chi connectivity index (χ1n) is 11.6. The van der Waals surface area contributed by atoms with Gasteiger partial charge in [-0.15, -0.1) is 0 Å². The first-order valence-corrected chi connectivity index (χ1v) is 11.6. The van der Waals surface area contributed by atoms with Gasteiger partial charge in [0, 0.05) is 32.7 Å². The van der Waals surface area contributed by atoms with Crippen molar-refractivity contribution in [2.45, 2.75) is 19.1 Å². The van der Waals surface area contributed by atoms with Crippen molar-refractivity contribution >= 4 is 5.78 Å². The van der Waals surface area contributed by atoms with E-state index in [0.29, 0.717) is 17.9 Å². The van der Waals surface area contributed by atoms with Crippen molar-refractivity contribution in [3.05, 3.63) is 102 Å². The van der Waals surface area contributed by atoms with E-state index in [9.17, 15) is 9.90 Å². The molecule has 0 aliphatic carbocycles. The Morgan fingerprint density at radius 2 is 1.39 bits per heavy atom. The highest BCUT2D eigenvalue weighted by atomic mass is 16.5. The number of piperazine rings is 1. The summed E-state index contributed by atoms with van der Waals surface area (Å²) in [5.74, 6) is 0.491. The summed E-state index contributed by atoms with van der Waals surface area (Å²) in [6.07, 6.45) is -0.615. The molecule has 0 saturated carbocycles. The van der Waals surface area contributed by atoms with Gasteiger partial charge in [-0.25, -0.2) is 0 Å². The summed E-state index contributed by atoms with van der Waals surface area (Å²) in [7, 11) is 0. The molecule has 5 heteroatoms. The van der Waals surface area contributed by atoms with E-state index in [1.807, 2.05) is 12.1 Å². The van der Waals surface area contributed by atoms with Crippen LogP contribution in [0.2, 0.25) is 0 Å². The van der Waals surface area contributed by atoms with Gasteiger partial charge in [0.05, 0.1) is 11.6 Å². The number of ether oxygens (including phenoxy) is 1. The molecule has 1 aliphatic rings. The molecule has 0 unspecified atom stereocenters. The summed E-state index contributed by atoms with van der Waals surface area (Å²) < 4.78 is 5.77. The van der Waals surface area contributed by atoms with E-state index in [4.69, 9.17) is 4.74 Å². The lowest BCUT2D eigenvalue weighted by molar-refractivity contribution is 0.0398. The number of hydrogen-bond acceptors (Lipinski definition) is 5. The van der Waals surface area contributed by atoms with Crippen LogP contribution in [0, 0.1) is 0 Å². The predicted molar refractivity (Wildman–Crippen MR) is 131 cm³/mol. The van der Waals surface area contributed by atoms with E-state index >= 15 is 0 Å². The fraction of sp³-hybridized carbons (Fsp3) is 0.321. The maximum absolute atomic E-state index is 11.8. The second kappa shape index (κ2) is 11.2. The molecule has 0 amide bonds. The second-order valence-corrected chi connectivity index (χ2v) is 8.58. The highest BCUT2D eigenvalue weighted by Crippen LogP contribution is 2.29. The fourth-order valence-electron chi connectivity index (χ4n) is 4.51. The standard InChI is InChI=1S/C28H32N2O3/c1-22(31)26-14-8-9-15-27(26)33-21-25(32)20-29-16-18-30(19-17-29)28(23-10-4-2-5-11-23)24-12-6-3-7-13-24/h2-15,25,28,32H,16-21H2,1H3/t25-/m1/s1. The Bertz CT molecular complexity index is 978. The zero-order valence-electron chi connectivity index (χ0n) is 19.1. The monoisotopic (exact) mass is 444 g/mol. The number of ketones is 1. The topological polar surface area (TPSA) is 53.0 Å². The van der Waals surface area contributed by atoms with Gasteiger partial charge in [-0.2, -0.15) is 0 Å². The molecule has 1 heterocycles. The highest BCUT2D eigenvalue weighted by molar-refractivity contribution is 5.96. The third kappa shape index (κ3) is 6.08. The SMILES string of the molecule is CC(=O)c1ccccc1OC[C@H](O)CN1CCN(C(c2ccccc2)c2ccccc2)CC1. The number of carbonyl (C=O) groups excluding carboxylic acids is 1. The van der Waals surface area contributed by atoms with Crippen LogP contribution in [-0.4, -0.2) is 66.1 Å². The third-order valence-corrected chi connectivity index (χ3v) is 6.17. The lowest BCUT2D eigenvalue weighted by Crippen LogP contribution is -2.50. The number of para-hydroxylation sites is 1. The van der Waals surface area contributed by atoms with Gasteiger partial charge in [0.1, 0.15) is 18.5 Å². The number of Topliss-reactive ketones (excluding diaryl/α,β-unsaturated/α-hetero) is 1. The largest absolute Gasteiger partial charge is 0.490 e. The molecule has 1 N–H and O–H groups in total. The molecule has 1 atom stereocenters. The van der Waals surface area contributed by atoms with Gasteiger partial charge in [0.25, 0.3) is 0 Å². The lowest BCUT2D eigenvalue weighted by atomic mass is 9.96. The molecule has 3 aromatic carbocycles. The van der Waals surface area contributed by atoms with Gasteiger partial charge >= 0.3 is 0 Å². The van der Waals surface area contributed by atoms with Crippen molar-refractivity contribution in [2.24, 2.45) is 0 Å². The van der Waals surface area contributed by atoms with Crippen molar-refractivity contribution in [2.75, 3.05) is 39.3 Å². The van der Waals surface area contributed by atoms with Crippen LogP contribution in [0.3, 0.4) is 0 Å². The molecule has 0 aromatic heterocycles. The summed E-state index contributed by atoms with van der Waals surface area (Å²) in [4.78, 5) is 16.6. The minimum absolute atomic E-state index is 0.0393. The molecular formula is C28H32N2O3. The van der Waals surface area contributed by atoms with Crippen LogP contribution in [0.4, 0.5) is 0 Å². The Balaban J connectivity index is 1.33. The van der Waals surface area contributed by atoms with Gasteiger partial charge < -0.3 is 9.84 Å². The van der Waals surface area contributed by atoms with E-state index in [2.05, 4.69) is 70.5 Å². The van der Waals surface area contributed by atoms with E-state index < -0.39 is 6.10 Å². The molecule has 3 aromatic rings. The van der Waals surface area contributed by atoms with Crippen molar-refractivity contribution in [1.82, 2.24) is 9.80 Å². The maximum atomic E-state index is 11.8. The first kappa shape index (κ1) is 23.2. The number of β-amino-alcohol motifs (C(OH)–C–C–N with tert-alkyl or cyclic N) is 1. The van der Waals surface area contributed by atoms with Crippen LogP contribution >= 0.6 is 0 Å². The average molecular weight is 445 g/mol. The molecule has 5 nitrogen and oxygen atoms in total. The Morgan fingerprint density at radius 1 is 0.848 bits per heavy atom. The minimum atomic E-state index is -0.615. The Labute approximate surface area is 196 Å². The normalized spacial score (nSPS) is 16.0. The van der Waals surface area contributed by atoms with Crippen molar-refractivity contribution in [3.63, 3.8) is 0 Å². The minimum Gasteiger partial charge on any atom is -0.490 e. The summed E-state index contributed by atoms with van der Waals surface area (Å²) >= 11 is 0. The Kier molecular flexibility index (Phi) is 7.89. The molecule has 0 spiro atoms. The van der Waals surface area contributed by atoms with Gasteiger partial charge in [0.15, 0.2) is 5.78 Å². The van der Waals surface area contributed by atoms with Crippen LogP contribution in [-0.2, 0) is 0 Å². The van der Waals surface area contributed by atoms with Gasteiger partial charge in [0.2, 0.25) is 0 Å². The highest BCUT2D eigenvalue weighted by Gasteiger charge is 2.27. The molecule has 172 valence electrons. The molecule has 0 radical (unpaired) electrons. The van der Waals surface area contributed by atoms with Gasteiger partial charge in [-0.3, -0.25) is 14.6 Å². The van der Waals surface area contributed by atoms with Crippen LogP contribution in [0.15, 0.2) is 84.9 Å². The number of nitrogens with zero attached hydrogens (tertiary/aromatic N) is 2. The Hall–Kier alpha value is -2.99. The van der Waals surface area contributed by atoms with Gasteiger partial charge in [-0.1, -0.05) is 72.8 Å². The second-order valence-electron chi connectivity index (χ2n) is 8.58. The summed E-state index contributed by atoms with van der Waals surface area (Å²) in [6.45, 7) is 5.87. The molecule has 33 heavy (non-hydrogen) atoms. The van der Waals surface area contributed by atoms with Crippen LogP contribution in [0.25, 0.3) is 0 Å². The van der Waals surface area contributed by atoms with Crippen molar-refractivity contribution < 1.29 is 14.6 Å². The number of hydrogen-bond donors (Lipinski definition) is 1. The molecule has 0 bridgehead atoms. The summed E-state index contributed by atoms with van der Waals surface area (Å²) in [5.41, 5.74) is 3.15. The van der Waals surface area contributed by atoms with E-state index in [1.165, 1.54) is 18.1 Å². The number of rotatable bonds is 9. The Morgan fingerprint density at radius 3 is 1.97 bits per heavy atom. The molecular weight excluding hydrogens is 412 g/mol. The van der Waals surface area contributed by atoms with Crippen molar-refractivity contribution in [1.29, 1.82) is 0 Å².